The molecular formula is C40H75N2O6P. The van der Waals surface area contributed by atoms with Crippen LogP contribution in [0.1, 0.15) is 149 Å². The van der Waals surface area contributed by atoms with Gasteiger partial charge in [0.25, 0.3) is 7.82 Å². The number of phosphoric ester groups is 1. The van der Waals surface area contributed by atoms with E-state index in [1.807, 2.05) is 27.2 Å². The van der Waals surface area contributed by atoms with Crippen molar-refractivity contribution in [2.45, 2.75) is 161 Å². The van der Waals surface area contributed by atoms with Crippen LogP contribution < -0.4 is 10.2 Å². The molecule has 0 bridgehead atoms. The summed E-state index contributed by atoms with van der Waals surface area (Å²) in [6.45, 7) is 4.54. The molecule has 49 heavy (non-hydrogen) atoms. The van der Waals surface area contributed by atoms with Gasteiger partial charge >= 0.3 is 0 Å². The summed E-state index contributed by atoms with van der Waals surface area (Å²) in [5, 5.41) is 13.6. The minimum absolute atomic E-state index is 0.0110. The van der Waals surface area contributed by atoms with Crippen LogP contribution in [-0.2, 0) is 18.4 Å². The number of hydrogen-bond donors (Lipinski definition) is 2. The van der Waals surface area contributed by atoms with Crippen molar-refractivity contribution >= 4 is 13.7 Å². The third-order valence-electron chi connectivity index (χ3n) is 8.26. The summed E-state index contributed by atoms with van der Waals surface area (Å²) >= 11 is 0. The number of nitrogens with one attached hydrogen (secondary N) is 1. The van der Waals surface area contributed by atoms with Gasteiger partial charge in [-0.3, -0.25) is 9.36 Å². The second-order valence-corrected chi connectivity index (χ2v) is 15.7. The third kappa shape index (κ3) is 34.7. The van der Waals surface area contributed by atoms with E-state index < -0.39 is 26.6 Å². The Kier molecular flexibility index (Phi) is 31.4. The Hall–Kier alpha value is -1.54. The third-order valence-corrected chi connectivity index (χ3v) is 9.23. The van der Waals surface area contributed by atoms with Crippen LogP contribution in [0.25, 0.3) is 0 Å². The van der Waals surface area contributed by atoms with Crippen LogP contribution in [0, 0.1) is 0 Å². The van der Waals surface area contributed by atoms with E-state index in [0.29, 0.717) is 17.4 Å². The lowest BCUT2D eigenvalue weighted by Gasteiger charge is -2.29. The first-order valence-corrected chi connectivity index (χ1v) is 21.0. The zero-order valence-corrected chi connectivity index (χ0v) is 33.0. The number of aliphatic hydroxyl groups is 1. The fourth-order valence-electron chi connectivity index (χ4n) is 5.08. The SMILES string of the molecule is CCCCCC/C=C\C/C=C\CCCCCCCC(=O)NC(COP(=O)([O-])OCC[N+](C)(C)C)C(O)/C=C/CC/C=C/CCCCCCC. The predicted molar refractivity (Wildman–Crippen MR) is 205 cm³/mol. The van der Waals surface area contributed by atoms with Crippen LogP contribution >= 0.6 is 7.82 Å². The highest BCUT2D eigenvalue weighted by molar-refractivity contribution is 7.45. The van der Waals surface area contributed by atoms with Crippen LogP contribution in [0.2, 0.25) is 0 Å². The van der Waals surface area contributed by atoms with E-state index in [0.717, 1.165) is 64.2 Å². The standard InChI is InChI=1S/C40H75N2O6P/c1-6-8-10-12-14-16-18-19-20-21-22-24-26-28-30-32-34-40(44)41-38(37-48-49(45,46)47-36-35-42(3,4)5)39(43)33-31-29-27-25-23-17-15-13-11-9-7-2/h16,18,20-21,23,25,31,33,38-39,43H,6-15,17,19,22,24,26-30,32,34-37H2,1-5H3,(H-,41,44,45,46)/b18-16-,21-20-,25-23+,33-31+. The number of aliphatic hydroxyl groups excluding tert-OH is 1. The number of unbranched alkanes of at least 4 members (excludes halogenated alkanes) is 15. The lowest BCUT2D eigenvalue weighted by molar-refractivity contribution is -0.870. The smallest absolute Gasteiger partial charge is 0.268 e. The highest BCUT2D eigenvalue weighted by atomic mass is 31.2. The fraction of sp³-hybridized carbons (Fsp3) is 0.775. The van der Waals surface area contributed by atoms with E-state index in [1.54, 1.807) is 6.08 Å². The number of nitrogens with zero attached hydrogens (tertiary/aromatic N) is 1. The van der Waals surface area contributed by atoms with Crippen LogP contribution in [0.4, 0.5) is 0 Å². The van der Waals surface area contributed by atoms with E-state index in [-0.39, 0.29) is 12.5 Å². The van der Waals surface area contributed by atoms with Crippen molar-refractivity contribution in [3.8, 4) is 0 Å². The number of carbonyl (C=O) groups excluding carboxylic acids is 1. The first-order chi connectivity index (χ1) is 23.5. The van der Waals surface area contributed by atoms with Gasteiger partial charge in [0, 0.05) is 6.42 Å². The van der Waals surface area contributed by atoms with E-state index in [9.17, 15) is 19.4 Å². The number of carbonyl (C=O) groups is 1. The van der Waals surface area contributed by atoms with Gasteiger partial charge in [0.1, 0.15) is 13.2 Å². The van der Waals surface area contributed by atoms with Gasteiger partial charge < -0.3 is 28.8 Å². The van der Waals surface area contributed by atoms with Gasteiger partial charge in [0.05, 0.1) is 39.9 Å². The highest BCUT2D eigenvalue weighted by Gasteiger charge is 2.23. The highest BCUT2D eigenvalue weighted by Crippen LogP contribution is 2.38. The molecule has 0 radical (unpaired) electrons. The Morgan fingerprint density at radius 3 is 1.80 bits per heavy atom. The van der Waals surface area contributed by atoms with E-state index in [2.05, 4.69) is 55.6 Å². The average Bonchev–Trinajstić information content (AvgIpc) is 3.04. The number of likely N-dealkylation sites (N-methyl/N-ethyl adjacent to an activating group) is 1. The number of quaternary nitrogens is 1. The van der Waals surface area contributed by atoms with E-state index in [1.165, 1.54) is 64.2 Å². The Balaban J connectivity index is 4.57. The van der Waals surface area contributed by atoms with Crippen molar-refractivity contribution in [1.82, 2.24) is 5.32 Å². The molecule has 0 aliphatic heterocycles. The van der Waals surface area contributed by atoms with Crippen LogP contribution in [0.3, 0.4) is 0 Å². The zero-order valence-electron chi connectivity index (χ0n) is 32.1. The summed E-state index contributed by atoms with van der Waals surface area (Å²) in [5.41, 5.74) is 0. The molecule has 0 aromatic rings. The quantitative estimate of drug-likeness (QED) is 0.0298. The molecule has 9 heteroatoms. The van der Waals surface area contributed by atoms with Crippen LogP contribution in [0.5, 0.6) is 0 Å². The van der Waals surface area contributed by atoms with Crippen LogP contribution in [0.15, 0.2) is 48.6 Å². The van der Waals surface area contributed by atoms with Gasteiger partial charge in [-0.1, -0.05) is 127 Å². The molecule has 3 unspecified atom stereocenters. The number of allylic oxidation sites excluding steroid dienone is 7. The van der Waals surface area contributed by atoms with Gasteiger partial charge in [0.2, 0.25) is 5.91 Å². The van der Waals surface area contributed by atoms with Gasteiger partial charge in [0.15, 0.2) is 0 Å². The first-order valence-electron chi connectivity index (χ1n) is 19.5. The Labute approximate surface area is 301 Å². The first kappa shape index (κ1) is 47.5. The monoisotopic (exact) mass is 711 g/mol. The summed E-state index contributed by atoms with van der Waals surface area (Å²) in [6.07, 6.45) is 38.7. The number of hydrogen-bond acceptors (Lipinski definition) is 6. The molecule has 0 aromatic carbocycles. The Bertz CT molecular complexity index is 944. The van der Waals surface area contributed by atoms with Gasteiger partial charge in [-0.05, 0) is 64.2 Å². The second kappa shape index (κ2) is 32.4. The van der Waals surface area contributed by atoms with Crippen molar-refractivity contribution in [2.24, 2.45) is 0 Å². The molecule has 8 nitrogen and oxygen atoms in total. The minimum Gasteiger partial charge on any atom is -0.756 e. The van der Waals surface area contributed by atoms with Crippen molar-refractivity contribution in [3.63, 3.8) is 0 Å². The fourth-order valence-corrected chi connectivity index (χ4v) is 5.80. The van der Waals surface area contributed by atoms with Crippen molar-refractivity contribution in [2.75, 3.05) is 40.9 Å². The molecule has 286 valence electrons. The lowest BCUT2D eigenvalue weighted by Crippen LogP contribution is -2.45. The minimum atomic E-state index is -4.59. The summed E-state index contributed by atoms with van der Waals surface area (Å²) < 4.78 is 23.0. The Morgan fingerprint density at radius 1 is 0.714 bits per heavy atom. The zero-order chi connectivity index (χ0) is 36.5. The van der Waals surface area contributed by atoms with Gasteiger partial charge in [-0.25, -0.2) is 0 Å². The summed E-state index contributed by atoms with van der Waals surface area (Å²) in [4.78, 5) is 25.1. The van der Waals surface area contributed by atoms with Gasteiger partial charge in [-0.2, -0.15) is 0 Å². The number of phosphoric acid groups is 1. The lowest BCUT2D eigenvalue weighted by atomic mass is 10.1. The maximum Gasteiger partial charge on any atom is 0.268 e. The van der Waals surface area contributed by atoms with Gasteiger partial charge in [-0.15, -0.1) is 0 Å². The predicted octanol–water partition coefficient (Wildman–Crippen LogP) is 9.50. The molecular weight excluding hydrogens is 635 g/mol. The molecule has 0 saturated heterocycles. The van der Waals surface area contributed by atoms with Crippen molar-refractivity contribution in [1.29, 1.82) is 0 Å². The van der Waals surface area contributed by atoms with E-state index in [4.69, 9.17) is 9.05 Å². The average molecular weight is 711 g/mol. The molecule has 0 saturated carbocycles. The second-order valence-electron chi connectivity index (χ2n) is 14.3. The normalized spacial score (nSPS) is 15.2. The summed E-state index contributed by atoms with van der Waals surface area (Å²) in [5.74, 6) is -0.226. The molecule has 0 fully saturated rings. The Morgan fingerprint density at radius 2 is 1.20 bits per heavy atom. The maximum absolute atomic E-state index is 12.8. The van der Waals surface area contributed by atoms with E-state index >= 15 is 0 Å². The molecule has 0 aliphatic rings. The molecule has 0 spiro atoms. The maximum atomic E-state index is 12.8. The molecule has 2 N–H and O–H groups in total. The number of rotatable bonds is 34. The summed E-state index contributed by atoms with van der Waals surface area (Å²) in [7, 11) is 1.22. The van der Waals surface area contributed by atoms with Crippen LogP contribution in [-0.4, -0.2) is 68.5 Å². The van der Waals surface area contributed by atoms with Crippen molar-refractivity contribution in [3.05, 3.63) is 48.6 Å². The molecule has 0 rings (SSSR count). The van der Waals surface area contributed by atoms with Crippen molar-refractivity contribution < 1.29 is 32.9 Å². The molecule has 0 heterocycles. The largest absolute Gasteiger partial charge is 0.756 e. The molecule has 3 atom stereocenters. The molecule has 1 amide bonds. The molecule has 0 aromatic heterocycles. The number of amides is 1. The summed E-state index contributed by atoms with van der Waals surface area (Å²) in [6, 6.07) is -0.908. The molecule has 0 aliphatic carbocycles. The topological polar surface area (TPSA) is 108 Å².